The molecule has 2 heterocycles. The lowest BCUT2D eigenvalue weighted by Gasteiger charge is -2.35. The number of carbonyl (C=O) groups is 1. The Morgan fingerprint density at radius 3 is 2.41 bits per heavy atom. The fourth-order valence-corrected chi connectivity index (χ4v) is 4.21. The summed E-state index contributed by atoms with van der Waals surface area (Å²) in [5, 5.41) is 10.5. The number of hydrogen-bond acceptors (Lipinski definition) is 4. The lowest BCUT2D eigenvalue weighted by atomic mass is 9.88. The molecule has 0 spiro atoms. The molecule has 2 aliphatic rings. The van der Waals surface area contributed by atoms with Gasteiger partial charge < -0.3 is 19.8 Å². The van der Waals surface area contributed by atoms with Crippen molar-refractivity contribution in [3.8, 4) is 0 Å². The Morgan fingerprint density at radius 1 is 1.07 bits per heavy atom. The smallest absolute Gasteiger partial charge is 0.223 e. The van der Waals surface area contributed by atoms with Crippen molar-refractivity contribution in [1.82, 2.24) is 14.7 Å². The zero-order chi connectivity index (χ0) is 19.1. The van der Waals surface area contributed by atoms with Crippen molar-refractivity contribution in [1.29, 1.82) is 0 Å². The van der Waals surface area contributed by atoms with Gasteiger partial charge in [-0.3, -0.25) is 4.79 Å². The van der Waals surface area contributed by atoms with Gasteiger partial charge in [-0.15, -0.1) is 0 Å². The number of piperidine rings is 1. The van der Waals surface area contributed by atoms with Crippen LogP contribution >= 0.6 is 0 Å². The number of carbonyl (C=O) groups excluding carboxylic acids is 1. The van der Waals surface area contributed by atoms with Crippen molar-refractivity contribution < 1.29 is 9.90 Å². The Labute approximate surface area is 163 Å². The summed E-state index contributed by atoms with van der Waals surface area (Å²) >= 11 is 0. The number of likely N-dealkylation sites (N-methyl/N-ethyl adjacent to an activating group) is 1. The van der Waals surface area contributed by atoms with Crippen LogP contribution in [0.15, 0.2) is 30.3 Å². The van der Waals surface area contributed by atoms with E-state index in [1.54, 1.807) is 0 Å². The molecule has 1 N–H and O–H groups in total. The molecular formula is C22H35N3O2. The van der Waals surface area contributed by atoms with E-state index in [0.29, 0.717) is 12.3 Å². The Morgan fingerprint density at radius 2 is 1.74 bits per heavy atom. The Kier molecular flexibility index (Phi) is 7.68. The fraction of sp³-hybridized carbons (Fsp3) is 0.682. The first-order valence-electron chi connectivity index (χ1n) is 10.5. The van der Waals surface area contributed by atoms with E-state index in [-0.39, 0.29) is 12.0 Å². The number of hydrogen-bond donors (Lipinski definition) is 1. The van der Waals surface area contributed by atoms with Crippen LogP contribution < -0.4 is 0 Å². The highest BCUT2D eigenvalue weighted by Crippen LogP contribution is 2.24. The zero-order valence-corrected chi connectivity index (χ0v) is 16.7. The molecule has 2 saturated heterocycles. The van der Waals surface area contributed by atoms with Crippen LogP contribution in [0.25, 0.3) is 0 Å². The first-order chi connectivity index (χ1) is 13.1. The lowest BCUT2D eigenvalue weighted by Crippen LogP contribution is -2.46. The molecule has 5 heteroatoms. The van der Waals surface area contributed by atoms with Gasteiger partial charge in [0.1, 0.15) is 0 Å². The van der Waals surface area contributed by atoms with Crippen LogP contribution in [-0.2, 0) is 11.2 Å². The second-order valence-corrected chi connectivity index (χ2v) is 8.20. The highest BCUT2D eigenvalue weighted by Gasteiger charge is 2.27. The molecule has 1 aromatic carbocycles. The van der Waals surface area contributed by atoms with E-state index in [1.165, 1.54) is 5.56 Å². The van der Waals surface area contributed by atoms with E-state index in [1.807, 2.05) is 23.1 Å². The molecule has 150 valence electrons. The van der Waals surface area contributed by atoms with E-state index in [2.05, 4.69) is 29.0 Å². The molecule has 27 heavy (non-hydrogen) atoms. The number of aliphatic hydroxyl groups excluding tert-OH is 1. The number of benzene rings is 1. The van der Waals surface area contributed by atoms with E-state index in [9.17, 15) is 9.90 Å². The third-order valence-corrected chi connectivity index (χ3v) is 6.25. The van der Waals surface area contributed by atoms with Crippen LogP contribution in [0.3, 0.4) is 0 Å². The van der Waals surface area contributed by atoms with Crippen LogP contribution in [-0.4, -0.2) is 84.7 Å². The Bertz CT molecular complexity index is 564. The van der Waals surface area contributed by atoms with Crippen molar-refractivity contribution in [2.45, 2.75) is 38.2 Å². The van der Waals surface area contributed by atoms with Crippen LogP contribution in [0.4, 0.5) is 0 Å². The fourth-order valence-electron chi connectivity index (χ4n) is 4.21. The number of rotatable bonds is 7. The van der Waals surface area contributed by atoms with Crippen molar-refractivity contribution in [2.24, 2.45) is 5.92 Å². The minimum atomic E-state index is -0.257. The van der Waals surface area contributed by atoms with Gasteiger partial charge in [-0.2, -0.15) is 0 Å². The highest BCUT2D eigenvalue weighted by molar-refractivity contribution is 5.76. The largest absolute Gasteiger partial charge is 0.393 e. The number of nitrogens with zero attached hydrogens (tertiary/aromatic N) is 3. The maximum absolute atomic E-state index is 12.5. The predicted molar refractivity (Wildman–Crippen MR) is 109 cm³/mol. The van der Waals surface area contributed by atoms with E-state index in [0.717, 1.165) is 71.5 Å². The molecule has 0 radical (unpaired) electrons. The maximum atomic E-state index is 12.5. The van der Waals surface area contributed by atoms with Gasteiger partial charge in [0, 0.05) is 52.2 Å². The second-order valence-electron chi connectivity index (χ2n) is 8.20. The molecule has 1 unspecified atom stereocenters. The normalized spacial score (nSPS) is 21.3. The van der Waals surface area contributed by atoms with Crippen molar-refractivity contribution in [2.75, 3.05) is 52.9 Å². The van der Waals surface area contributed by atoms with Gasteiger partial charge in [-0.25, -0.2) is 0 Å². The van der Waals surface area contributed by atoms with Gasteiger partial charge in [0.05, 0.1) is 6.10 Å². The van der Waals surface area contributed by atoms with Crippen LogP contribution in [0, 0.1) is 5.92 Å². The Hall–Kier alpha value is -1.43. The molecule has 3 rings (SSSR count). The van der Waals surface area contributed by atoms with E-state index >= 15 is 0 Å². The van der Waals surface area contributed by atoms with Crippen LogP contribution in [0.1, 0.15) is 31.2 Å². The number of aryl methyl sites for hydroxylation is 1. The second kappa shape index (κ2) is 10.2. The molecule has 2 fully saturated rings. The van der Waals surface area contributed by atoms with Crippen molar-refractivity contribution >= 4 is 5.91 Å². The molecule has 5 nitrogen and oxygen atoms in total. The topological polar surface area (TPSA) is 47.0 Å². The molecule has 2 aliphatic heterocycles. The van der Waals surface area contributed by atoms with Gasteiger partial charge in [0.25, 0.3) is 0 Å². The summed E-state index contributed by atoms with van der Waals surface area (Å²) in [7, 11) is 2.15. The highest BCUT2D eigenvalue weighted by atomic mass is 16.3. The third kappa shape index (κ3) is 6.30. The molecule has 1 aromatic rings. The van der Waals surface area contributed by atoms with Gasteiger partial charge in [0.2, 0.25) is 5.91 Å². The van der Waals surface area contributed by atoms with Gasteiger partial charge in [0.15, 0.2) is 0 Å². The molecule has 0 saturated carbocycles. The van der Waals surface area contributed by atoms with Gasteiger partial charge in [-0.05, 0) is 44.2 Å². The van der Waals surface area contributed by atoms with E-state index in [4.69, 9.17) is 0 Å². The van der Waals surface area contributed by atoms with E-state index < -0.39 is 0 Å². The minimum Gasteiger partial charge on any atom is -0.393 e. The molecule has 0 aromatic heterocycles. The summed E-state index contributed by atoms with van der Waals surface area (Å²) in [6.07, 6.45) is 3.96. The standard InChI is InChI=1S/C22H35N3O2/c1-23-15-17-24(18-16-23)12-11-22(27)25-13-9-20(10-14-25)21(26)8-7-19-5-3-2-4-6-19/h2-6,20-21,26H,7-18H2,1H3. The van der Waals surface area contributed by atoms with Crippen LogP contribution in [0.2, 0.25) is 0 Å². The SMILES string of the molecule is CN1CCN(CCC(=O)N2CCC(C(O)CCc3ccccc3)CC2)CC1. The monoisotopic (exact) mass is 373 g/mol. The lowest BCUT2D eigenvalue weighted by molar-refractivity contribution is -0.133. The predicted octanol–water partition coefficient (Wildman–Crippen LogP) is 1.86. The molecule has 0 bridgehead atoms. The summed E-state index contributed by atoms with van der Waals surface area (Å²) in [5.41, 5.74) is 1.29. The van der Waals surface area contributed by atoms with Crippen LogP contribution in [0.5, 0.6) is 0 Å². The minimum absolute atomic E-state index is 0.257. The average molecular weight is 374 g/mol. The zero-order valence-electron chi connectivity index (χ0n) is 16.7. The maximum Gasteiger partial charge on any atom is 0.223 e. The number of piperazine rings is 1. The van der Waals surface area contributed by atoms with Gasteiger partial charge >= 0.3 is 0 Å². The number of aliphatic hydroxyl groups is 1. The molecule has 1 atom stereocenters. The number of likely N-dealkylation sites (tertiary alicyclic amines) is 1. The van der Waals surface area contributed by atoms with Gasteiger partial charge in [-0.1, -0.05) is 30.3 Å². The number of amides is 1. The molecule has 1 amide bonds. The summed E-state index contributed by atoms with van der Waals surface area (Å²) in [6.45, 7) is 6.81. The summed E-state index contributed by atoms with van der Waals surface area (Å²) in [4.78, 5) is 19.3. The first-order valence-corrected chi connectivity index (χ1v) is 10.5. The summed E-state index contributed by atoms with van der Waals surface area (Å²) in [6, 6.07) is 10.4. The summed E-state index contributed by atoms with van der Waals surface area (Å²) in [5.74, 6) is 0.613. The average Bonchev–Trinajstić information content (AvgIpc) is 2.72. The summed E-state index contributed by atoms with van der Waals surface area (Å²) < 4.78 is 0. The quantitative estimate of drug-likeness (QED) is 0.793. The first kappa shape index (κ1) is 20.3. The van der Waals surface area contributed by atoms with Crippen molar-refractivity contribution in [3.05, 3.63) is 35.9 Å². The third-order valence-electron chi connectivity index (χ3n) is 6.25. The molecular weight excluding hydrogens is 338 g/mol. The molecule has 0 aliphatic carbocycles. The van der Waals surface area contributed by atoms with Crippen molar-refractivity contribution in [3.63, 3.8) is 0 Å². The Balaban J connectivity index is 1.33.